The molecule has 1 saturated heterocycles. The molecule has 5 nitrogen and oxygen atoms in total. The van der Waals surface area contributed by atoms with Gasteiger partial charge in [0, 0.05) is 0 Å². The maximum Gasteiger partial charge on any atom is 0.495 e. The van der Waals surface area contributed by atoms with Crippen molar-refractivity contribution >= 4 is 18.5 Å². The van der Waals surface area contributed by atoms with Crippen LogP contribution in [0, 0.1) is 12.7 Å². The maximum absolute atomic E-state index is 14.7. The normalized spacial score (nSPS) is 22.2. The number of ether oxygens (including phenoxy) is 1. The number of hydrogen-bond acceptors (Lipinski definition) is 4. The summed E-state index contributed by atoms with van der Waals surface area (Å²) in [4.78, 5) is 12.2. The van der Waals surface area contributed by atoms with E-state index in [4.69, 9.17) is 14.0 Å². The molecule has 1 aromatic rings. The molecule has 2 aliphatic rings. The smallest absolute Gasteiger partial charge is 0.488 e. The Hall–Kier alpha value is -1.60. The molecule has 7 heteroatoms. The van der Waals surface area contributed by atoms with Crippen molar-refractivity contribution in [3.05, 3.63) is 23.0 Å². The molecule has 3 rings (SSSR count). The molecule has 0 unspecified atom stereocenters. The number of hydrogen-bond donors (Lipinski definition) is 1. The van der Waals surface area contributed by atoms with Crippen molar-refractivity contribution in [2.75, 3.05) is 13.2 Å². The van der Waals surface area contributed by atoms with Gasteiger partial charge in [-0.1, -0.05) is 0 Å². The lowest BCUT2D eigenvalue weighted by molar-refractivity contribution is 0.00578. The standard InChI is InChI=1S/C16H21BFNO4/c1-9-11(17-22-15(2,3)16(4,5)23-17)8-10-13(12(9)18)21-7-6-19-14(10)20/h8H,6-7H2,1-5H3,(H,19,20). The average Bonchev–Trinajstić information content (AvgIpc) is 2.59. The molecule has 124 valence electrons. The van der Waals surface area contributed by atoms with Crippen molar-refractivity contribution in [2.45, 2.75) is 45.8 Å². The Kier molecular flexibility index (Phi) is 3.68. The van der Waals surface area contributed by atoms with E-state index in [-0.39, 0.29) is 23.8 Å². The summed E-state index contributed by atoms with van der Waals surface area (Å²) in [6, 6.07) is 1.61. The highest BCUT2D eigenvalue weighted by Crippen LogP contribution is 2.37. The Balaban J connectivity index is 2.08. The van der Waals surface area contributed by atoms with Crippen LogP contribution in [-0.4, -0.2) is 37.4 Å². The SMILES string of the molecule is Cc1c(B2OC(C)(C)C(C)(C)O2)cc2c(c1F)OCCNC2=O. The van der Waals surface area contributed by atoms with Gasteiger partial charge >= 0.3 is 7.12 Å². The molecule has 1 fully saturated rings. The molecule has 2 aliphatic heterocycles. The van der Waals surface area contributed by atoms with Crippen LogP contribution in [0.1, 0.15) is 43.6 Å². The van der Waals surface area contributed by atoms with E-state index in [1.165, 1.54) is 0 Å². The number of amides is 1. The fraction of sp³-hybridized carbons (Fsp3) is 0.562. The summed E-state index contributed by atoms with van der Waals surface area (Å²) in [5.74, 6) is -0.892. The van der Waals surface area contributed by atoms with Crippen molar-refractivity contribution in [3.8, 4) is 5.75 Å². The summed E-state index contributed by atoms with van der Waals surface area (Å²) >= 11 is 0. The van der Waals surface area contributed by atoms with Gasteiger partial charge in [-0.15, -0.1) is 0 Å². The predicted octanol–water partition coefficient (Wildman–Crippen LogP) is 1.56. The quantitative estimate of drug-likeness (QED) is 0.798. The molecular weight excluding hydrogens is 300 g/mol. The molecule has 1 amide bonds. The molecule has 0 aromatic heterocycles. The minimum atomic E-state index is -0.726. The zero-order chi connectivity index (χ0) is 17.0. The fourth-order valence-corrected chi connectivity index (χ4v) is 2.68. The Morgan fingerprint density at radius 3 is 2.43 bits per heavy atom. The minimum absolute atomic E-state index is 0.00207. The third-order valence-corrected chi connectivity index (χ3v) is 4.89. The van der Waals surface area contributed by atoms with Gasteiger partial charge in [-0.2, -0.15) is 0 Å². The molecule has 0 bridgehead atoms. The van der Waals surface area contributed by atoms with Crippen LogP contribution in [0.15, 0.2) is 6.07 Å². The second kappa shape index (κ2) is 5.21. The van der Waals surface area contributed by atoms with Gasteiger partial charge in [0.15, 0.2) is 11.6 Å². The van der Waals surface area contributed by atoms with Gasteiger partial charge < -0.3 is 19.4 Å². The van der Waals surface area contributed by atoms with Crippen LogP contribution >= 0.6 is 0 Å². The first-order valence-corrected chi connectivity index (χ1v) is 7.74. The van der Waals surface area contributed by atoms with Gasteiger partial charge in [-0.25, -0.2) is 4.39 Å². The second-order valence-corrected chi connectivity index (χ2v) is 6.97. The Morgan fingerprint density at radius 1 is 1.22 bits per heavy atom. The van der Waals surface area contributed by atoms with Crippen molar-refractivity contribution in [3.63, 3.8) is 0 Å². The van der Waals surface area contributed by atoms with Crippen molar-refractivity contribution < 1.29 is 23.2 Å². The lowest BCUT2D eigenvalue weighted by Crippen LogP contribution is -2.41. The summed E-state index contributed by atoms with van der Waals surface area (Å²) in [7, 11) is -0.726. The summed E-state index contributed by atoms with van der Waals surface area (Å²) < 4.78 is 32.1. The summed E-state index contributed by atoms with van der Waals surface area (Å²) in [6.07, 6.45) is 0. The van der Waals surface area contributed by atoms with Crippen LogP contribution < -0.4 is 15.5 Å². The van der Waals surface area contributed by atoms with E-state index in [0.29, 0.717) is 17.6 Å². The van der Waals surface area contributed by atoms with E-state index in [1.54, 1.807) is 13.0 Å². The number of carbonyl (C=O) groups is 1. The van der Waals surface area contributed by atoms with E-state index in [1.807, 2.05) is 27.7 Å². The summed E-state index contributed by atoms with van der Waals surface area (Å²) in [6.45, 7) is 9.94. The molecule has 0 saturated carbocycles. The molecule has 1 aromatic carbocycles. The third kappa shape index (κ3) is 2.52. The topological polar surface area (TPSA) is 56.8 Å². The summed E-state index contributed by atoms with van der Waals surface area (Å²) in [5.41, 5.74) is -0.00837. The zero-order valence-electron chi connectivity index (χ0n) is 14.1. The first kappa shape index (κ1) is 16.3. The van der Waals surface area contributed by atoms with E-state index in [2.05, 4.69) is 5.32 Å². The van der Waals surface area contributed by atoms with Crippen LogP contribution in [0.4, 0.5) is 4.39 Å². The van der Waals surface area contributed by atoms with Crippen molar-refractivity contribution in [1.82, 2.24) is 5.32 Å². The van der Waals surface area contributed by atoms with Gasteiger partial charge in [0.2, 0.25) is 0 Å². The van der Waals surface area contributed by atoms with Crippen LogP contribution in [0.2, 0.25) is 0 Å². The first-order valence-electron chi connectivity index (χ1n) is 7.74. The van der Waals surface area contributed by atoms with Gasteiger partial charge in [-0.3, -0.25) is 4.79 Å². The van der Waals surface area contributed by atoms with Crippen LogP contribution in [-0.2, 0) is 9.31 Å². The maximum atomic E-state index is 14.7. The largest absolute Gasteiger partial charge is 0.495 e. The molecule has 0 radical (unpaired) electrons. The number of carbonyl (C=O) groups excluding carboxylic acids is 1. The monoisotopic (exact) mass is 321 g/mol. The number of rotatable bonds is 1. The van der Waals surface area contributed by atoms with Gasteiger partial charge in [0.1, 0.15) is 6.61 Å². The average molecular weight is 321 g/mol. The minimum Gasteiger partial charge on any atom is -0.488 e. The van der Waals surface area contributed by atoms with E-state index < -0.39 is 24.1 Å². The summed E-state index contributed by atoms with van der Waals surface area (Å²) in [5, 5.41) is 2.69. The Bertz CT molecular complexity index is 659. The first-order chi connectivity index (χ1) is 10.6. The Labute approximate surface area is 135 Å². The van der Waals surface area contributed by atoms with Gasteiger partial charge in [-0.05, 0) is 51.7 Å². The molecular formula is C16H21BFNO4. The van der Waals surface area contributed by atoms with E-state index in [0.717, 1.165) is 0 Å². The second-order valence-electron chi connectivity index (χ2n) is 6.97. The molecule has 1 N–H and O–H groups in total. The van der Waals surface area contributed by atoms with Crippen molar-refractivity contribution in [1.29, 1.82) is 0 Å². The molecule has 0 atom stereocenters. The van der Waals surface area contributed by atoms with E-state index in [9.17, 15) is 9.18 Å². The highest BCUT2D eigenvalue weighted by atomic mass is 19.1. The predicted molar refractivity (Wildman–Crippen MR) is 84.7 cm³/mol. The Morgan fingerprint density at radius 2 is 1.83 bits per heavy atom. The lowest BCUT2D eigenvalue weighted by atomic mass is 9.75. The van der Waals surface area contributed by atoms with Crippen LogP contribution in [0.5, 0.6) is 5.75 Å². The highest BCUT2D eigenvalue weighted by molar-refractivity contribution is 6.62. The van der Waals surface area contributed by atoms with Crippen LogP contribution in [0.25, 0.3) is 0 Å². The van der Waals surface area contributed by atoms with Gasteiger partial charge in [0.05, 0.1) is 23.3 Å². The van der Waals surface area contributed by atoms with Crippen molar-refractivity contribution in [2.24, 2.45) is 0 Å². The number of nitrogens with one attached hydrogen (secondary N) is 1. The molecule has 0 aliphatic carbocycles. The molecule has 2 heterocycles. The molecule has 0 spiro atoms. The van der Waals surface area contributed by atoms with Crippen LogP contribution in [0.3, 0.4) is 0 Å². The lowest BCUT2D eigenvalue weighted by Gasteiger charge is -2.32. The van der Waals surface area contributed by atoms with E-state index >= 15 is 0 Å². The highest BCUT2D eigenvalue weighted by Gasteiger charge is 2.52. The fourth-order valence-electron chi connectivity index (χ4n) is 2.68. The number of halogens is 1. The number of fused-ring (bicyclic) bond motifs is 1. The number of benzene rings is 1. The third-order valence-electron chi connectivity index (χ3n) is 4.89. The zero-order valence-corrected chi connectivity index (χ0v) is 14.1. The van der Waals surface area contributed by atoms with Gasteiger partial charge in [0.25, 0.3) is 5.91 Å². The molecule has 23 heavy (non-hydrogen) atoms.